The van der Waals surface area contributed by atoms with E-state index < -0.39 is 0 Å². The maximum atomic E-state index is 6.03. The summed E-state index contributed by atoms with van der Waals surface area (Å²) in [6.07, 6.45) is 12.6. The number of nitrogen functional groups attached to an aromatic ring is 1. The third kappa shape index (κ3) is 3.32. The zero-order chi connectivity index (χ0) is 17.4. The van der Waals surface area contributed by atoms with Crippen molar-refractivity contribution in [2.45, 2.75) is 50.7 Å². The Kier molecular flexibility index (Phi) is 5.04. The number of aryl methyl sites for hydroxylation is 1. The van der Waals surface area contributed by atoms with E-state index in [1.54, 1.807) is 11.8 Å². The number of imidazole rings is 1. The van der Waals surface area contributed by atoms with Crippen LogP contribution in [0.3, 0.4) is 0 Å². The molecule has 2 aliphatic rings. The molecule has 0 aromatic carbocycles. The minimum absolute atomic E-state index is 0.459. The molecule has 132 valence electrons. The summed E-state index contributed by atoms with van der Waals surface area (Å²) in [7, 11) is 0. The predicted octanol–water partition coefficient (Wildman–Crippen LogP) is 4.93. The minimum atomic E-state index is 0.459. The molecule has 0 spiro atoms. The molecular formula is C18H22IN5S. The van der Waals surface area contributed by atoms with Gasteiger partial charge in [0.15, 0.2) is 22.1 Å². The van der Waals surface area contributed by atoms with E-state index in [1.807, 2.05) is 0 Å². The van der Waals surface area contributed by atoms with Gasteiger partial charge in [-0.25, -0.2) is 15.0 Å². The molecule has 4 rings (SSSR count). The number of anilines is 1. The molecule has 0 radical (unpaired) electrons. The molecule has 2 aliphatic carbocycles. The third-order valence-corrected chi connectivity index (χ3v) is 7.42. The number of halogens is 1. The standard InChI is InChI=1S/C18H22IN5S/c1-2-3-7-24-17-15(16(20)21-10-22-17)23-18(24)25-14-9-12-6-4-5-11(12)8-13(14)19/h8-12H,2-7H2,1H3,(H2,20,21,22). The van der Waals surface area contributed by atoms with Crippen molar-refractivity contribution in [2.24, 2.45) is 11.8 Å². The summed E-state index contributed by atoms with van der Waals surface area (Å²) in [6, 6.07) is 0. The highest BCUT2D eigenvalue weighted by Crippen LogP contribution is 2.46. The molecule has 1 fully saturated rings. The molecule has 7 heteroatoms. The molecule has 2 N–H and O–H groups in total. The molecule has 2 unspecified atom stereocenters. The highest BCUT2D eigenvalue weighted by atomic mass is 127. The number of hydrogen-bond acceptors (Lipinski definition) is 5. The largest absolute Gasteiger partial charge is 0.382 e. The van der Waals surface area contributed by atoms with E-state index in [2.05, 4.69) is 56.2 Å². The average Bonchev–Trinajstić information content (AvgIpc) is 3.18. The Morgan fingerprint density at radius 3 is 2.88 bits per heavy atom. The summed E-state index contributed by atoms with van der Waals surface area (Å²) in [5, 5.41) is 0.973. The number of fused-ring (bicyclic) bond motifs is 2. The number of hydrogen-bond donors (Lipinski definition) is 1. The van der Waals surface area contributed by atoms with Crippen LogP contribution in [0, 0.1) is 11.8 Å². The molecular weight excluding hydrogens is 445 g/mol. The van der Waals surface area contributed by atoms with Crippen molar-refractivity contribution in [3.05, 3.63) is 27.0 Å². The molecule has 0 aliphatic heterocycles. The lowest BCUT2D eigenvalue weighted by atomic mass is 9.92. The van der Waals surface area contributed by atoms with Crippen LogP contribution >= 0.6 is 34.4 Å². The fourth-order valence-corrected chi connectivity index (χ4v) is 5.69. The molecule has 2 atom stereocenters. The van der Waals surface area contributed by atoms with Gasteiger partial charge in [-0.1, -0.05) is 43.7 Å². The van der Waals surface area contributed by atoms with E-state index in [9.17, 15) is 0 Å². The topological polar surface area (TPSA) is 69.6 Å². The van der Waals surface area contributed by atoms with Crippen LogP contribution in [0.2, 0.25) is 0 Å². The number of unbranched alkanes of at least 4 members (excludes halogenated alkanes) is 1. The maximum absolute atomic E-state index is 6.03. The van der Waals surface area contributed by atoms with E-state index in [1.165, 1.54) is 34.1 Å². The highest BCUT2D eigenvalue weighted by Gasteiger charge is 2.29. The van der Waals surface area contributed by atoms with Gasteiger partial charge in [-0.3, -0.25) is 0 Å². The van der Waals surface area contributed by atoms with Crippen LogP contribution in [0.1, 0.15) is 39.0 Å². The van der Waals surface area contributed by atoms with Gasteiger partial charge in [0.05, 0.1) is 0 Å². The fourth-order valence-electron chi connectivity index (χ4n) is 3.69. The summed E-state index contributed by atoms with van der Waals surface area (Å²) in [4.78, 5) is 14.6. The number of thioether (sulfide) groups is 1. The van der Waals surface area contributed by atoms with Crippen molar-refractivity contribution < 1.29 is 0 Å². The van der Waals surface area contributed by atoms with E-state index >= 15 is 0 Å². The van der Waals surface area contributed by atoms with Crippen LogP contribution in [0.15, 0.2) is 32.1 Å². The van der Waals surface area contributed by atoms with Crippen LogP contribution in [0.5, 0.6) is 0 Å². The van der Waals surface area contributed by atoms with E-state index in [-0.39, 0.29) is 0 Å². The first kappa shape index (κ1) is 17.3. The minimum Gasteiger partial charge on any atom is -0.382 e. The van der Waals surface area contributed by atoms with Crippen molar-refractivity contribution in [2.75, 3.05) is 5.73 Å². The summed E-state index contributed by atoms with van der Waals surface area (Å²) in [5.74, 6) is 1.89. The van der Waals surface area contributed by atoms with Crippen molar-refractivity contribution in [3.63, 3.8) is 0 Å². The molecule has 0 bridgehead atoms. The number of aromatic nitrogens is 4. The Labute approximate surface area is 165 Å². The van der Waals surface area contributed by atoms with Crippen molar-refractivity contribution >= 4 is 51.3 Å². The smallest absolute Gasteiger partial charge is 0.175 e. The molecule has 5 nitrogen and oxygen atoms in total. The molecule has 25 heavy (non-hydrogen) atoms. The first-order chi connectivity index (χ1) is 12.2. The number of rotatable bonds is 5. The van der Waals surface area contributed by atoms with Crippen molar-refractivity contribution in [1.29, 1.82) is 0 Å². The Hall–Kier alpha value is -1.09. The van der Waals surface area contributed by atoms with Crippen LogP contribution < -0.4 is 5.73 Å². The summed E-state index contributed by atoms with van der Waals surface area (Å²) in [5.41, 5.74) is 7.60. The number of nitrogens with two attached hydrogens (primary N) is 1. The van der Waals surface area contributed by atoms with Crippen LogP contribution in [0.25, 0.3) is 11.2 Å². The monoisotopic (exact) mass is 467 g/mol. The van der Waals surface area contributed by atoms with Gasteiger partial charge in [0, 0.05) is 15.0 Å². The third-order valence-electron chi connectivity index (χ3n) is 5.05. The Morgan fingerprint density at radius 1 is 1.28 bits per heavy atom. The maximum Gasteiger partial charge on any atom is 0.175 e. The van der Waals surface area contributed by atoms with Gasteiger partial charge in [-0.2, -0.15) is 0 Å². The zero-order valence-electron chi connectivity index (χ0n) is 14.3. The van der Waals surface area contributed by atoms with Crippen LogP contribution in [-0.2, 0) is 6.54 Å². The molecule has 2 aromatic rings. The second-order valence-electron chi connectivity index (χ2n) is 6.74. The summed E-state index contributed by atoms with van der Waals surface area (Å²) in [6.45, 7) is 3.11. The molecule has 2 heterocycles. The van der Waals surface area contributed by atoms with Gasteiger partial charge >= 0.3 is 0 Å². The number of nitrogens with zero attached hydrogens (tertiary/aromatic N) is 4. The Morgan fingerprint density at radius 2 is 2.08 bits per heavy atom. The van der Waals surface area contributed by atoms with Crippen LogP contribution in [-0.4, -0.2) is 19.5 Å². The normalized spacial score (nSPS) is 22.8. The lowest BCUT2D eigenvalue weighted by molar-refractivity contribution is 0.550. The molecule has 0 saturated heterocycles. The van der Waals surface area contributed by atoms with Gasteiger partial charge in [0.2, 0.25) is 0 Å². The van der Waals surface area contributed by atoms with Crippen molar-refractivity contribution in [3.8, 4) is 0 Å². The summed E-state index contributed by atoms with van der Waals surface area (Å²) >= 11 is 4.22. The SMILES string of the molecule is CCCCn1c(SC2=CC3CCCC3C=C2I)nc2c(N)ncnc21. The van der Waals surface area contributed by atoms with E-state index in [0.717, 1.165) is 41.6 Å². The second-order valence-corrected chi connectivity index (χ2v) is 8.91. The van der Waals surface area contributed by atoms with Gasteiger partial charge < -0.3 is 10.3 Å². The van der Waals surface area contributed by atoms with Gasteiger partial charge in [-0.05, 0) is 53.7 Å². The van der Waals surface area contributed by atoms with Gasteiger partial charge in [0.1, 0.15) is 6.33 Å². The highest BCUT2D eigenvalue weighted by molar-refractivity contribution is 14.1. The van der Waals surface area contributed by atoms with E-state index in [0.29, 0.717) is 11.7 Å². The molecule has 2 aromatic heterocycles. The summed E-state index contributed by atoms with van der Waals surface area (Å²) < 4.78 is 3.55. The second kappa shape index (κ2) is 7.26. The van der Waals surface area contributed by atoms with Gasteiger partial charge in [0.25, 0.3) is 0 Å². The van der Waals surface area contributed by atoms with Gasteiger partial charge in [-0.15, -0.1) is 0 Å². The fraction of sp³-hybridized carbons (Fsp3) is 0.500. The lowest BCUT2D eigenvalue weighted by Gasteiger charge is -2.21. The average molecular weight is 467 g/mol. The van der Waals surface area contributed by atoms with Crippen molar-refractivity contribution in [1.82, 2.24) is 19.5 Å². The predicted molar refractivity (Wildman–Crippen MR) is 112 cm³/mol. The quantitative estimate of drug-likeness (QED) is 0.632. The lowest BCUT2D eigenvalue weighted by Crippen LogP contribution is -2.08. The number of allylic oxidation sites excluding steroid dienone is 3. The zero-order valence-corrected chi connectivity index (χ0v) is 17.3. The molecule has 1 saturated carbocycles. The van der Waals surface area contributed by atoms with Crippen LogP contribution in [0.4, 0.5) is 5.82 Å². The Balaban J connectivity index is 1.71. The van der Waals surface area contributed by atoms with E-state index in [4.69, 9.17) is 10.7 Å². The first-order valence-electron chi connectivity index (χ1n) is 8.91. The Bertz CT molecular complexity index is 857. The first-order valence-corrected chi connectivity index (χ1v) is 10.8. The molecule has 0 amide bonds.